The maximum Gasteiger partial charge on any atom is 0.184 e. The predicted octanol–water partition coefficient (Wildman–Crippen LogP) is 5.69. The van der Waals surface area contributed by atoms with Crippen LogP contribution in [0.1, 0.15) is 43.7 Å². The fourth-order valence-electron chi connectivity index (χ4n) is 3.36. The quantitative estimate of drug-likeness (QED) is 0.653. The van der Waals surface area contributed by atoms with Crippen molar-refractivity contribution in [2.24, 2.45) is 0 Å². The molecule has 0 N–H and O–H groups in total. The first-order chi connectivity index (χ1) is 11.2. The molecule has 0 saturated carbocycles. The van der Waals surface area contributed by atoms with Gasteiger partial charge >= 0.3 is 0 Å². The van der Waals surface area contributed by atoms with Gasteiger partial charge in [0.15, 0.2) is 5.52 Å². The number of ether oxygens (including phenoxy) is 1. The lowest BCUT2D eigenvalue weighted by atomic mass is 10.0. The summed E-state index contributed by atoms with van der Waals surface area (Å²) in [5.41, 5.74) is 8.10. The zero-order chi connectivity index (χ0) is 18.0. The molecular weight excluding hydrogens is 315 g/mol. The molecule has 24 heavy (non-hydrogen) atoms. The molecule has 2 rings (SSSR count). The first-order valence-corrected chi connectivity index (χ1v) is 10.2. The summed E-state index contributed by atoms with van der Waals surface area (Å²) in [6.07, 6.45) is 0.760. The lowest BCUT2D eigenvalue weighted by Crippen LogP contribution is -2.06. The summed E-state index contributed by atoms with van der Waals surface area (Å²) in [5.74, 6) is 0.895. The molecule has 1 unspecified atom stereocenters. The van der Waals surface area contributed by atoms with E-state index in [0.29, 0.717) is 0 Å². The smallest absolute Gasteiger partial charge is 0.184 e. The van der Waals surface area contributed by atoms with Gasteiger partial charge in [-0.25, -0.2) is 0 Å². The van der Waals surface area contributed by atoms with E-state index in [1.165, 1.54) is 16.7 Å². The first-order valence-electron chi connectivity index (χ1n) is 8.22. The van der Waals surface area contributed by atoms with E-state index in [2.05, 4.69) is 51.7 Å². The van der Waals surface area contributed by atoms with Crippen LogP contribution in [0.2, 0.25) is 0 Å². The zero-order valence-electron chi connectivity index (χ0n) is 15.8. The van der Waals surface area contributed by atoms with Gasteiger partial charge in [0, 0.05) is 17.3 Å². The summed E-state index contributed by atoms with van der Waals surface area (Å²) in [5, 5.41) is 0. The van der Waals surface area contributed by atoms with Crippen LogP contribution in [0.25, 0.3) is 0 Å². The maximum atomic E-state index is 13.1. The van der Waals surface area contributed by atoms with Gasteiger partial charge in [-0.2, -0.15) is 0 Å². The van der Waals surface area contributed by atoms with Crippen LogP contribution in [-0.4, -0.2) is 19.3 Å². The van der Waals surface area contributed by atoms with Crippen LogP contribution in [0.15, 0.2) is 24.3 Å². The van der Waals surface area contributed by atoms with E-state index in [1.54, 1.807) is 7.11 Å². The van der Waals surface area contributed by atoms with E-state index in [-0.39, 0.29) is 5.52 Å². The predicted molar refractivity (Wildman–Crippen MR) is 104 cm³/mol. The molecule has 2 aromatic rings. The molecule has 1 atom stereocenters. The van der Waals surface area contributed by atoms with Gasteiger partial charge in [-0.05, 0) is 77.5 Å². The van der Waals surface area contributed by atoms with E-state index in [1.807, 2.05) is 13.8 Å². The Balaban J connectivity index is 2.34. The lowest BCUT2D eigenvalue weighted by Gasteiger charge is -2.19. The Kier molecular flexibility index (Phi) is 5.83. The fourth-order valence-corrected chi connectivity index (χ4v) is 5.12. The molecule has 2 nitrogen and oxygen atoms in total. The molecular formula is C21H27O2P. The molecule has 0 fully saturated rings. The molecule has 0 radical (unpaired) electrons. The van der Waals surface area contributed by atoms with Gasteiger partial charge in [-0.15, -0.1) is 0 Å². The summed E-state index contributed by atoms with van der Waals surface area (Å²) in [6, 6.07) is 8.41. The van der Waals surface area contributed by atoms with Crippen molar-refractivity contribution in [1.29, 1.82) is 0 Å². The molecule has 2 aromatic carbocycles. The SMILES string of the molecule is COc1cc(C)cc(C)c1CP(C)C(=O)c1c(C)cc(C)cc1C. The van der Waals surface area contributed by atoms with Gasteiger partial charge in [0.1, 0.15) is 5.75 Å². The molecule has 0 heterocycles. The molecule has 0 bridgehead atoms. The number of aryl methyl sites for hydroxylation is 5. The number of hydrogen-bond acceptors (Lipinski definition) is 2. The Morgan fingerprint density at radius 3 is 1.96 bits per heavy atom. The Morgan fingerprint density at radius 1 is 0.917 bits per heavy atom. The average Bonchev–Trinajstić information content (AvgIpc) is 2.48. The Labute approximate surface area is 147 Å². The summed E-state index contributed by atoms with van der Waals surface area (Å²) in [6.45, 7) is 12.4. The highest BCUT2D eigenvalue weighted by Crippen LogP contribution is 2.44. The molecule has 0 amide bonds. The molecule has 0 aliphatic carbocycles. The van der Waals surface area contributed by atoms with Crippen LogP contribution in [0.3, 0.4) is 0 Å². The van der Waals surface area contributed by atoms with Crippen molar-refractivity contribution < 1.29 is 9.53 Å². The van der Waals surface area contributed by atoms with Crippen LogP contribution < -0.4 is 4.74 Å². The van der Waals surface area contributed by atoms with Crippen molar-refractivity contribution in [2.45, 2.75) is 40.8 Å². The van der Waals surface area contributed by atoms with E-state index in [4.69, 9.17) is 4.74 Å². The van der Waals surface area contributed by atoms with Crippen LogP contribution in [0, 0.1) is 34.6 Å². The molecule has 0 saturated heterocycles. The van der Waals surface area contributed by atoms with Crippen molar-refractivity contribution in [3.8, 4) is 5.75 Å². The average molecular weight is 342 g/mol. The molecule has 0 aliphatic heterocycles. The Hall–Kier alpha value is -1.66. The molecule has 3 heteroatoms. The van der Waals surface area contributed by atoms with Crippen molar-refractivity contribution in [3.05, 3.63) is 63.2 Å². The molecule has 0 aliphatic rings. The van der Waals surface area contributed by atoms with E-state index in [9.17, 15) is 4.79 Å². The normalized spacial score (nSPS) is 12.1. The second-order valence-electron chi connectivity index (χ2n) is 6.70. The number of methoxy groups -OCH3 is 1. The highest BCUT2D eigenvalue weighted by atomic mass is 31.1. The van der Waals surface area contributed by atoms with Gasteiger partial charge in [-0.1, -0.05) is 23.8 Å². The van der Waals surface area contributed by atoms with Gasteiger partial charge in [-0.3, -0.25) is 4.79 Å². The summed E-state index contributed by atoms with van der Waals surface area (Å²) in [7, 11) is 0.897. The zero-order valence-corrected chi connectivity index (χ0v) is 16.7. The van der Waals surface area contributed by atoms with Gasteiger partial charge in [0.05, 0.1) is 7.11 Å². The fraction of sp³-hybridized carbons (Fsp3) is 0.381. The van der Waals surface area contributed by atoms with Crippen molar-refractivity contribution in [2.75, 3.05) is 13.8 Å². The molecule has 128 valence electrons. The highest BCUT2D eigenvalue weighted by molar-refractivity contribution is 7.74. The number of carbonyl (C=O) groups excluding carboxylic acids is 1. The molecule has 0 aromatic heterocycles. The van der Waals surface area contributed by atoms with Crippen molar-refractivity contribution in [3.63, 3.8) is 0 Å². The van der Waals surface area contributed by atoms with Crippen LogP contribution in [-0.2, 0) is 6.16 Å². The summed E-state index contributed by atoms with van der Waals surface area (Å²) >= 11 is 0. The minimum Gasteiger partial charge on any atom is -0.496 e. The summed E-state index contributed by atoms with van der Waals surface area (Å²) in [4.78, 5) is 13.1. The van der Waals surface area contributed by atoms with Gasteiger partial charge < -0.3 is 4.74 Å². The Morgan fingerprint density at radius 2 is 1.42 bits per heavy atom. The van der Waals surface area contributed by atoms with E-state index in [0.717, 1.165) is 34.2 Å². The second kappa shape index (κ2) is 7.49. The minimum absolute atomic E-state index is 0.280. The third kappa shape index (κ3) is 3.87. The van der Waals surface area contributed by atoms with Crippen molar-refractivity contribution >= 4 is 13.4 Å². The lowest BCUT2D eigenvalue weighted by molar-refractivity contribution is 0.108. The van der Waals surface area contributed by atoms with Crippen LogP contribution in [0.4, 0.5) is 0 Å². The number of benzene rings is 2. The molecule has 0 spiro atoms. The van der Waals surface area contributed by atoms with Crippen LogP contribution in [0.5, 0.6) is 5.75 Å². The topological polar surface area (TPSA) is 26.3 Å². The Bertz CT molecular complexity index is 755. The second-order valence-corrected chi connectivity index (χ2v) is 8.82. The van der Waals surface area contributed by atoms with Gasteiger partial charge in [0.2, 0.25) is 0 Å². The summed E-state index contributed by atoms with van der Waals surface area (Å²) < 4.78 is 5.56. The van der Waals surface area contributed by atoms with E-state index >= 15 is 0 Å². The number of carbonyl (C=O) groups is 1. The van der Waals surface area contributed by atoms with E-state index < -0.39 is 7.92 Å². The number of rotatable bonds is 5. The maximum absolute atomic E-state index is 13.1. The minimum atomic E-state index is -0.803. The number of hydrogen-bond donors (Lipinski definition) is 0. The largest absolute Gasteiger partial charge is 0.496 e. The van der Waals surface area contributed by atoms with Crippen molar-refractivity contribution in [1.82, 2.24) is 0 Å². The third-order valence-electron chi connectivity index (χ3n) is 4.43. The standard InChI is InChI=1S/C21H27O2P/c1-13-9-16(4)20(17(5)10-13)21(22)24(7)12-18-15(3)8-14(2)11-19(18)23-6/h8-11H,12H2,1-7H3. The highest BCUT2D eigenvalue weighted by Gasteiger charge is 2.21. The first kappa shape index (κ1) is 18.7. The monoisotopic (exact) mass is 342 g/mol. The third-order valence-corrected chi connectivity index (χ3v) is 6.14. The van der Waals surface area contributed by atoms with Gasteiger partial charge in [0.25, 0.3) is 0 Å². The van der Waals surface area contributed by atoms with Crippen LogP contribution >= 0.6 is 7.92 Å².